The van der Waals surface area contributed by atoms with Crippen molar-refractivity contribution in [3.8, 4) is 22.4 Å². The molecule has 0 atom stereocenters. The molecule has 1 aromatic carbocycles. The molecule has 3 heterocycles. The molecule has 0 amide bonds. The Bertz CT molecular complexity index is 992. The van der Waals surface area contributed by atoms with E-state index in [1.807, 2.05) is 18.2 Å². The van der Waals surface area contributed by atoms with Crippen LogP contribution in [0.25, 0.3) is 33.4 Å². The van der Waals surface area contributed by atoms with E-state index in [2.05, 4.69) is 9.97 Å². The summed E-state index contributed by atoms with van der Waals surface area (Å²) in [5, 5.41) is 0. The van der Waals surface area contributed by atoms with E-state index in [1.165, 1.54) is 12.1 Å². The lowest BCUT2D eigenvalue weighted by atomic mass is 10.0. The molecule has 0 aliphatic carbocycles. The van der Waals surface area contributed by atoms with Crippen molar-refractivity contribution in [1.82, 2.24) is 14.5 Å². The number of hydrogen-bond acceptors (Lipinski definition) is 2. The van der Waals surface area contributed by atoms with Crippen LogP contribution in [0.4, 0.5) is 8.78 Å². The lowest BCUT2D eigenvalue weighted by Gasteiger charge is -2.09. The number of pyridine rings is 2. The highest BCUT2D eigenvalue weighted by atomic mass is 19.1. The summed E-state index contributed by atoms with van der Waals surface area (Å²) in [6.07, 6.45) is 5.00. The Kier molecular flexibility index (Phi) is 3.54. The zero-order chi connectivity index (χ0) is 16.5. The standard InChI is InChI=1S/C19H13F2N3/c20-12-24-16-2-1-9-23-18(16)17(13-3-5-15(21)6-4-13)19(24)14-7-10-22-11-8-14/h1-11H,12H2. The first-order valence-electron chi connectivity index (χ1n) is 7.49. The van der Waals surface area contributed by atoms with E-state index in [9.17, 15) is 8.78 Å². The minimum absolute atomic E-state index is 0.314. The summed E-state index contributed by atoms with van der Waals surface area (Å²) in [5.41, 5.74) is 4.51. The summed E-state index contributed by atoms with van der Waals surface area (Å²) in [4.78, 5) is 8.46. The number of halogens is 2. The van der Waals surface area contributed by atoms with Crippen LogP contribution in [0, 0.1) is 5.82 Å². The second kappa shape index (κ2) is 5.85. The zero-order valence-electron chi connectivity index (χ0n) is 12.7. The molecule has 5 heteroatoms. The van der Waals surface area contributed by atoms with Crippen LogP contribution in [0.2, 0.25) is 0 Å². The van der Waals surface area contributed by atoms with Crippen LogP contribution in [0.15, 0.2) is 67.1 Å². The lowest BCUT2D eigenvalue weighted by Crippen LogP contribution is -1.96. The number of benzene rings is 1. The number of rotatable bonds is 3. The third-order valence-electron chi connectivity index (χ3n) is 4.03. The second-order valence-electron chi connectivity index (χ2n) is 5.39. The van der Waals surface area contributed by atoms with Gasteiger partial charge in [0.25, 0.3) is 0 Å². The SMILES string of the molecule is FCn1c(-c2ccncc2)c(-c2ccc(F)cc2)c2ncccc21. The molecule has 24 heavy (non-hydrogen) atoms. The molecule has 0 N–H and O–H groups in total. The van der Waals surface area contributed by atoms with Crippen molar-refractivity contribution in [3.05, 3.63) is 72.9 Å². The molecule has 0 radical (unpaired) electrons. The van der Waals surface area contributed by atoms with E-state index in [0.717, 1.165) is 16.7 Å². The maximum atomic E-state index is 13.9. The highest BCUT2D eigenvalue weighted by Crippen LogP contribution is 2.39. The molecule has 0 unspecified atom stereocenters. The maximum absolute atomic E-state index is 13.9. The molecule has 0 saturated carbocycles. The topological polar surface area (TPSA) is 30.7 Å². The van der Waals surface area contributed by atoms with Gasteiger partial charge in [-0.25, -0.2) is 8.78 Å². The summed E-state index contributed by atoms with van der Waals surface area (Å²) in [6, 6.07) is 13.4. The van der Waals surface area contributed by atoms with Gasteiger partial charge in [0.15, 0.2) is 6.80 Å². The van der Waals surface area contributed by atoms with E-state index in [0.29, 0.717) is 16.7 Å². The van der Waals surface area contributed by atoms with Crippen LogP contribution in [-0.4, -0.2) is 14.5 Å². The summed E-state index contributed by atoms with van der Waals surface area (Å²) in [6.45, 7) is -0.680. The summed E-state index contributed by atoms with van der Waals surface area (Å²) >= 11 is 0. The van der Waals surface area contributed by atoms with Gasteiger partial charge < -0.3 is 4.57 Å². The van der Waals surface area contributed by atoms with Gasteiger partial charge in [-0.15, -0.1) is 0 Å². The Morgan fingerprint density at radius 3 is 2.33 bits per heavy atom. The minimum atomic E-state index is -0.680. The van der Waals surface area contributed by atoms with Gasteiger partial charge in [-0.2, -0.15) is 0 Å². The molecule has 0 spiro atoms. The normalized spacial score (nSPS) is 11.1. The van der Waals surface area contributed by atoms with Crippen LogP contribution in [-0.2, 0) is 6.80 Å². The van der Waals surface area contributed by atoms with Gasteiger partial charge in [0, 0.05) is 29.7 Å². The van der Waals surface area contributed by atoms with Crippen molar-refractivity contribution in [3.63, 3.8) is 0 Å². The Balaban J connectivity index is 2.12. The molecule has 0 fully saturated rings. The van der Waals surface area contributed by atoms with Gasteiger partial charge >= 0.3 is 0 Å². The maximum Gasteiger partial charge on any atom is 0.166 e. The van der Waals surface area contributed by atoms with E-state index in [-0.39, 0.29) is 5.82 Å². The highest BCUT2D eigenvalue weighted by Gasteiger charge is 2.20. The molecule has 3 nitrogen and oxygen atoms in total. The molecule has 4 aromatic rings. The fourth-order valence-corrected chi connectivity index (χ4v) is 3.00. The van der Waals surface area contributed by atoms with E-state index >= 15 is 0 Å². The molecule has 0 saturated heterocycles. The monoisotopic (exact) mass is 321 g/mol. The largest absolute Gasteiger partial charge is 0.310 e. The quantitative estimate of drug-likeness (QED) is 0.541. The van der Waals surface area contributed by atoms with Gasteiger partial charge in [-0.05, 0) is 42.0 Å². The number of aromatic nitrogens is 3. The van der Waals surface area contributed by atoms with E-state index in [4.69, 9.17) is 0 Å². The summed E-state index contributed by atoms with van der Waals surface area (Å²) < 4.78 is 28.8. The molecule has 0 aliphatic heterocycles. The molecular formula is C19H13F2N3. The van der Waals surface area contributed by atoms with Crippen molar-refractivity contribution >= 4 is 11.0 Å². The second-order valence-corrected chi connectivity index (χ2v) is 5.39. The van der Waals surface area contributed by atoms with Crippen molar-refractivity contribution in [2.75, 3.05) is 0 Å². The predicted molar refractivity (Wildman–Crippen MR) is 89.5 cm³/mol. The van der Waals surface area contributed by atoms with Gasteiger partial charge in [0.2, 0.25) is 0 Å². The summed E-state index contributed by atoms with van der Waals surface area (Å²) in [7, 11) is 0. The van der Waals surface area contributed by atoms with Crippen LogP contribution in [0.3, 0.4) is 0 Å². The lowest BCUT2D eigenvalue weighted by molar-refractivity contribution is 0.388. The number of nitrogens with zero attached hydrogens (tertiary/aromatic N) is 3. The van der Waals surface area contributed by atoms with Gasteiger partial charge in [0.1, 0.15) is 5.82 Å². The Hall–Kier alpha value is -3.08. The molecule has 3 aromatic heterocycles. The molecule has 4 rings (SSSR count). The minimum Gasteiger partial charge on any atom is -0.310 e. The van der Waals surface area contributed by atoms with Gasteiger partial charge in [-0.3, -0.25) is 9.97 Å². The molecule has 0 bridgehead atoms. The van der Waals surface area contributed by atoms with Crippen LogP contribution >= 0.6 is 0 Å². The average molecular weight is 321 g/mol. The first-order valence-corrected chi connectivity index (χ1v) is 7.49. The van der Waals surface area contributed by atoms with E-state index < -0.39 is 6.80 Å². The fraction of sp³-hybridized carbons (Fsp3) is 0.0526. The van der Waals surface area contributed by atoms with Gasteiger partial charge in [-0.1, -0.05) is 12.1 Å². The Morgan fingerprint density at radius 2 is 1.62 bits per heavy atom. The fourth-order valence-electron chi connectivity index (χ4n) is 3.00. The molecule has 118 valence electrons. The van der Waals surface area contributed by atoms with Crippen molar-refractivity contribution in [1.29, 1.82) is 0 Å². The number of alkyl halides is 1. The summed E-state index contributed by atoms with van der Waals surface area (Å²) in [5.74, 6) is -0.314. The Morgan fingerprint density at radius 1 is 0.875 bits per heavy atom. The number of fused-ring (bicyclic) bond motifs is 1. The van der Waals surface area contributed by atoms with Crippen molar-refractivity contribution in [2.24, 2.45) is 0 Å². The van der Waals surface area contributed by atoms with Crippen LogP contribution < -0.4 is 0 Å². The molecule has 0 aliphatic rings. The first kappa shape index (κ1) is 14.5. The highest BCUT2D eigenvalue weighted by molar-refractivity contribution is 6.02. The smallest absolute Gasteiger partial charge is 0.166 e. The van der Waals surface area contributed by atoms with Crippen LogP contribution in [0.5, 0.6) is 0 Å². The zero-order valence-corrected chi connectivity index (χ0v) is 12.7. The number of hydrogen-bond donors (Lipinski definition) is 0. The molecular weight excluding hydrogens is 308 g/mol. The first-order chi connectivity index (χ1) is 11.8. The third-order valence-corrected chi connectivity index (χ3v) is 4.03. The van der Waals surface area contributed by atoms with E-state index in [1.54, 1.807) is 41.4 Å². The average Bonchev–Trinajstić information content (AvgIpc) is 2.97. The third kappa shape index (κ3) is 2.25. The van der Waals surface area contributed by atoms with Gasteiger partial charge in [0.05, 0.1) is 16.7 Å². The predicted octanol–water partition coefficient (Wildman–Crippen LogP) is 4.83. The van der Waals surface area contributed by atoms with Crippen molar-refractivity contribution < 1.29 is 8.78 Å². The van der Waals surface area contributed by atoms with Crippen LogP contribution in [0.1, 0.15) is 0 Å². The Labute approximate surface area is 137 Å². The van der Waals surface area contributed by atoms with Crippen molar-refractivity contribution in [2.45, 2.75) is 6.80 Å².